The highest BCUT2D eigenvalue weighted by molar-refractivity contribution is 5.82. The van der Waals surface area contributed by atoms with Crippen molar-refractivity contribution in [2.75, 3.05) is 32.8 Å². The molecule has 4 nitrogen and oxygen atoms in total. The van der Waals surface area contributed by atoms with Gasteiger partial charge in [0.25, 0.3) is 0 Å². The zero-order chi connectivity index (χ0) is 12.0. The van der Waals surface area contributed by atoms with Gasteiger partial charge in [0.15, 0.2) is 0 Å². The summed E-state index contributed by atoms with van der Waals surface area (Å²) in [7, 11) is 0. The third-order valence-corrected chi connectivity index (χ3v) is 3.14. The lowest BCUT2D eigenvalue weighted by Crippen LogP contribution is -2.53. The number of carbonyl (C=O) groups excluding carboxylic acids is 1. The lowest BCUT2D eigenvalue weighted by molar-refractivity contribution is -0.136. The van der Waals surface area contributed by atoms with Gasteiger partial charge in [-0.2, -0.15) is 0 Å². The second-order valence-corrected chi connectivity index (χ2v) is 4.47. The van der Waals surface area contributed by atoms with E-state index in [-0.39, 0.29) is 11.9 Å². The first-order valence-corrected chi connectivity index (χ1v) is 6.28. The Morgan fingerprint density at radius 3 is 2.81 bits per heavy atom. The Labute approximate surface area is 98.3 Å². The molecule has 1 aliphatic heterocycles. The molecule has 1 aliphatic rings. The van der Waals surface area contributed by atoms with Gasteiger partial charge in [-0.3, -0.25) is 4.79 Å². The first kappa shape index (κ1) is 13.5. The summed E-state index contributed by atoms with van der Waals surface area (Å²) >= 11 is 0. The van der Waals surface area contributed by atoms with Crippen molar-refractivity contribution in [3.8, 4) is 0 Å². The van der Waals surface area contributed by atoms with Crippen molar-refractivity contribution in [3.63, 3.8) is 0 Å². The summed E-state index contributed by atoms with van der Waals surface area (Å²) in [6.07, 6.45) is 1.11. The van der Waals surface area contributed by atoms with Crippen LogP contribution in [-0.2, 0) is 9.53 Å². The van der Waals surface area contributed by atoms with Crippen LogP contribution in [-0.4, -0.2) is 49.7 Å². The summed E-state index contributed by atoms with van der Waals surface area (Å²) in [5, 5.41) is 3.21. The van der Waals surface area contributed by atoms with Crippen LogP contribution in [0.4, 0.5) is 0 Å². The van der Waals surface area contributed by atoms with Crippen molar-refractivity contribution in [3.05, 3.63) is 0 Å². The standard InChI is InChI=1S/C12H24N2O2/c1-4-10(3)8-14(5-2)12(15)11-9-16-7-6-13-11/h10-11,13H,4-9H2,1-3H3. The van der Waals surface area contributed by atoms with E-state index in [4.69, 9.17) is 4.74 Å². The molecule has 1 amide bonds. The van der Waals surface area contributed by atoms with Gasteiger partial charge in [-0.05, 0) is 12.8 Å². The Kier molecular flexibility index (Phi) is 5.77. The van der Waals surface area contributed by atoms with E-state index < -0.39 is 0 Å². The fraction of sp³-hybridized carbons (Fsp3) is 0.917. The van der Waals surface area contributed by atoms with Gasteiger partial charge in [0, 0.05) is 19.6 Å². The monoisotopic (exact) mass is 228 g/mol. The van der Waals surface area contributed by atoms with Gasteiger partial charge >= 0.3 is 0 Å². The van der Waals surface area contributed by atoms with Gasteiger partial charge in [0.05, 0.1) is 13.2 Å². The fourth-order valence-electron chi connectivity index (χ4n) is 1.82. The zero-order valence-corrected chi connectivity index (χ0v) is 10.7. The van der Waals surface area contributed by atoms with Crippen LogP contribution in [0.2, 0.25) is 0 Å². The highest BCUT2D eigenvalue weighted by atomic mass is 16.5. The number of nitrogens with zero attached hydrogens (tertiary/aromatic N) is 1. The van der Waals surface area contributed by atoms with Crippen molar-refractivity contribution >= 4 is 5.91 Å². The number of hydrogen-bond acceptors (Lipinski definition) is 3. The Hall–Kier alpha value is -0.610. The van der Waals surface area contributed by atoms with Crippen LogP contribution in [0.25, 0.3) is 0 Å². The van der Waals surface area contributed by atoms with Gasteiger partial charge in [0.1, 0.15) is 6.04 Å². The maximum atomic E-state index is 12.2. The number of likely N-dealkylation sites (N-methyl/N-ethyl adjacent to an activating group) is 1. The number of ether oxygens (including phenoxy) is 1. The summed E-state index contributed by atoms with van der Waals surface area (Å²) in [5.41, 5.74) is 0. The lowest BCUT2D eigenvalue weighted by atomic mass is 10.1. The molecule has 0 aromatic heterocycles. The predicted molar refractivity (Wildman–Crippen MR) is 64.3 cm³/mol. The van der Waals surface area contributed by atoms with Gasteiger partial charge < -0.3 is 15.0 Å². The minimum atomic E-state index is -0.141. The smallest absolute Gasteiger partial charge is 0.242 e. The van der Waals surface area contributed by atoms with Gasteiger partial charge in [-0.15, -0.1) is 0 Å². The quantitative estimate of drug-likeness (QED) is 0.759. The number of nitrogens with one attached hydrogen (secondary N) is 1. The summed E-state index contributed by atoms with van der Waals surface area (Å²) in [6.45, 7) is 10.00. The first-order chi connectivity index (χ1) is 7.69. The molecule has 2 atom stereocenters. The third-order valence-electron chi connectivity index (χ3n) is 3.14. The SMILES string of the molecule is CCC(C)CN(CC)C(=O)C1COCCN1. The molecule has 4 heteroatoms. The van der Waals surface area contributed by atoms with Crippen LogP contribution in [0, 0.1) is 5.92 Å². The van der Waals surface area contributed by atoms with E-state index in [1.165, 1.54) is 0 Å². The molecule has 1 fully saturated rings. The molecule has 0 saturated carbocycles. The molecular weight excluding hydrogens is 204 g/mol. The maximum Gasteiger partial charge on any atom is 0.242 e. The second kappa shape index (κ2) is 6.86. The number of morpholine rings is 1. The number of amides is 1. The van der Waals surface area contributed by atoms with Crippen LogP contribution in [0.3, 0.4) is 0 Å². The molecule has 0 aliphatic carbocycles. The van der Waals surface area contributed by atoms with Crippen LogP contribution in [0.5, 0.6) is 0 Å². The van der Waals surface area contributed by atoms with E-state index >= 15 is 0 Å². The van der Waals surface area contributed by atoms with E-state index in [1.807, 2.05) is 11.8 Å². The van der Waals surface area contributed by atoms with Crippen molar-refractivity contribution in [2.24, 2.45) is 5.92 Å². The second-order valence-electron chi connectivity index (χ2n) is 4.47. The molecular formula is C12H24N2O2. The Morgan fingerprint density at radius 2 is 2.31 bits per heavy atom. The van der Waals surface area contributed by atoms with Crippen LogP contribution in [0.15, 0.2) is 0 Å². The van der Waals surface area contributed by atoms with Gasteiger partial charge in [-0.1, -0.05) is 20.3 Å². The van der Waals surface area contributed by atoms with E-state index in [0.29, 0.717) is 19.1 Å². The normalized spacial score (nSPS) is 22.8. The van der Waals surface area contributed by atoms with E-state index in [9.17, 15) is 4.79 Å². The molecule has 1 heterocycles. The summed E-state index contributed by atoms with van der Waals surface area (Å²) < 4.78 is 5.32. The van der Waals surface area contributed by atoms with Crippen LogP contribution >= 0.6 is 0 Å². The topological polar surface area (TPSA) is 41.6 Å². The molecule has 0 bridgehead atoms. The van der Waals surface area contributed by atoms with Gasteiger partial charge in [0.2, 0.25) is 5.91 Å². The number of hydrogen-bond donors (Lipinski definition) is 1. The first-order valence-electron chi connectivity index (χ1n) is 6.28. The molecule has 1 rings (SSSR count). The average Bonchev–Trinajstić information content (AvgIpc) is 2.35. The molecule has 16 heavy (non-hydrogen) atoms. The summed E-state index contributed by atoms with van der Waals surface area (Å²) in [5.74, 6) is 0.746. The third kappa shape index (κ3) is 3.76. The Bertz CT molecular complexity index is 215. The Balaban J connectivity index is 2.47. The highest BCUT2D eigenvalue weighted by Gasteiger charge is 2.25. The minimum Gasteiger partial charge on any atom is -0.378 e. The highest BCUT2D eigenvalue weighted by Crippen LogP contribution is 2.07. The van der Waals surface area contributed by atoms with E-state index in [1.54, 1.807) is 0 Å². The zero-order valence-electron chi connectivity index (χ0n) is 10.7. The van der Waals surface area contributed by atoms with E-state index in [0.717, 1.165) is 26.1 Å². The Morgan fingerprint density at radius 1 is 1.56 bits per heavy atom. The molecule has 1 N–H and O–H groups in total. The fourth-order valence-corrected chi connectivity index (χ4v) is 1.82. The molecule has 0 aromatic carbocycles. The van der Waals surface area contributed by atoms with Crippen LogP contribution in [0.1, 0.15) is 27.2 Å². The molecule has 0 radical (unpaired) electrons. The summed E-state index contributed by atoms with van der Waals surface area (Å²) in [6, 6.07) is -0.141. The van der Waals surface area contributed by atoms with Crippen molar-refractivity contribution in [1.82, 2.24) is 10.2 Å². The van der Waals surface area contributed by atoms with Crippen molar-refractivity contribution < 1.29 is 9.53 Å². The van der Waals surface area contributed by atoms with Crippen molar-refractivity contribution in [2.45, 2.75) is 33.2 Å². The number of rotatable bonds is 5. The van der Waals surface area contributed by atoms with E-state index in [2.05, 4.69) is 19.2 Å². The summed E-state index contributed by atoms with van der Waals surface area (Å²) in [4.78, 5) is 14.1. The van der Waals surface area contributed by atoms with Gasteiger partial charge in [-0.25, -0.2) is 0 Å². The molecule has 0 spiro atoms. The minimum absolute atomic E-state index is 0.141. The lowest BCUT2D eigenvalue weighted by Gasteiger charge is -2.30. The molecule has 1 saturated heterocycles. The molecule has 0 aromatic rings. The number of carbonyl (C=O) groups is 1. The predicted octanol–water partition coefficient (Wildman–Crippen LogP) is 0.869. The largest absolute Gasteiger partial charge is 0.378 e. The van der Waals surface area contributed by atoms with Crippen molar-refractivity contribution in [1.29, 1.82) is 0 Å². The molecule has 94 valence electrons. The molecule has 2 unspecified atom stereocenters. The van der Waals surface area contributed by atoms with Crippen LogP contribution < -0.4 is 5.32 Å². The average molecular weight is 228 g/mol. The maximum absolute atomic E-state index is 12.2.